The van der Waals surface area contributed by atoms with Gasteiger partial charge in [-0.3, -0.25) is 14.4 Å². The van der Waals surface area contributed by atoms with Gasteiger partial charge in [0.15, 0.2) is 0 Å². The van der Waals surface area contributed by atoms with E-state index in [9.17, 15) is 24.6 Å². The van der Waals surface area contributed by atoms with E-state index in [4.69, 9.17) is 0 Å². The summed E-state index contributed by atoms with van der Waals surface area (Å²) >= 11 is 0. The Bertz CT molecular complexity index is 3110. The Morgan fingerprint density at radius 2 is 1.02 bits per heavy atom. The number of carbonyl (C=O) groups is 3. The van der Waals surface area contributed by atoms with Crippen LogP contribution in [0.3, 0.4) is 0 Å². The smallest absolute Gasteiger partial charge is 0.138 e. The van der Waals surface area contributed by atoms with Crippen LogP contribution in [0.5, 0.6) is 0 Å². The van der Waals surface area contributed by atoms with Crippen molar-refractivity contribution < 1.29 is 24.6 Å². The van der Waals surface area contributed by atoms with Gasteiger partial charge >= 0.3 is 0 Å². The zero-order chi connectivity index (χ0) is 68.1. The van der Waals surface area contributed by atoms with Gasteiger partial charge in [-0.25, -0.2) is 0 Å². The molecule has 0 radical (unpaired) electrons. The summed E-state index contributed by atoms with van der Waals surface area (Å²) in [5.41, 5.74) is 8.06. The quantitative estimate of drug-likeness (QED) is 0.274. The van der Waals surface area contributed by atoms with Crippen molar-refractivity contribution in [3.05, 3.63) is 46.6 Å². The summed E-state index contributed by atoms with van der Waals surface area (Å²) in [5, 5.41) is 23.4. The molecule has 21 atom stereocenters. The number of allylic oxidation sites excluding steroid dienone is 7. The van der Waals surface area contributed by atoms with Crippen LogP contribution in [0.25, 0.3) is 0 Å². The van der Waals surface area contributed by atoms with Crippen molar-refractivity contribution in [1.82, 2.24) is 0 Å². The Morgan fingerprint density at radius 1 is 0.495 bits per heavy atom. The maximum absolute atomic E-state index is 12.9. The second-order valence-corrected chi connectivity index (χ2v) is 42.4. The summed E-state index contributed by atoms with van der Waals surface area (Å²) in [6, 6.07) is 0. The number of ketones is 3. The van der Waals surface area contributed by atoms with Crippen molar-refractivity contribution in [2.75, 3.05) is 0 Å². The van der Waals surface area contributed by atoms with E-state index in [-0.39, 0.29) is 37.9 Å². The highest BCUT2D eigenvalue weighted by atomic mass is 16.3. The molecule has 93 heavy (non-hydrogen) atoms. The summed E-state index contributed by atoms with van der Waals surface area (Å²) < 4.78 is 0. The summed E-state index contributed by atoms with van der Waals surface area (Å²) in [6.07, 6.45) is 43.2. The molecule has 0 spiro atoms. The zero-order valence-electron chi connectivity index (χ0n) is 64.2. The molecule has 522 valence electrons. The number of fused-ring (bicyclic) bond motifs is 19. The van der Waals surface area contributed by atoms with Crippen molar-refractivity contribution in [3.8, 4) is 0 Å². The maximum atomic E-state index is 12.9. The van der Waals surface area contributed by atoms with Gasteiger partial charge in [-0.1, -0.05) is 167 Å². The minimum atomic E-state index is -0.592. The number of Topliss-reactive ketones (excluding diaryl/α,β-unsaturated/α-hetero) is 3. The molecule has 2 N–H and O–H groups in total. The van der Waals surface area contributed by atoms with E-state index in [1.54, 1.807) is 16.7 Å². The van der Waals surface area contributed by atoms with E-state index in [0.717, 1.165) is 114 Å². The van der Waals surface area contributed by atoms with Crippen LogP contribution < -0.4 is 0 Å². The number of carbonyl (C=O) groups excluding carboxylic acids is 3. The number of rotatable bonds is 4. The van der Waals surface area contributed by atoms with Crippen LogP contribution >= 0.6 is 0 Å². The van der Waals surface area contributed by atoms with Gasteiger partial charge in [-0.05, 0) is 312 Å². The van der Waals surface area contributed by atoms with Crippen LogP contribution in [0.2, 0.25) is 0 Å². The molecule has 0 aliphatic heterocycles. The lowest BCUT2D eigenvalue weighted by atomic mass is 9.34. The lowest BCUT2D eigenvalue weighted by molar-refractivity contribution is -0.201. The Hall–Kier alpha value is -2.11. The molecule has 11 fully saturated rings. The van der Waals surface area contributed by atoms with Crippen molar-refractivity contribution >= 4 is 17.3 Å². The third-order valence-electron chi connectivity index (χ3n) is 36.2. The average Bonchev–Trinajstić information content (AvgIpc) is 1.10. The third kappa shape index (κ3) is 10.2. The van der Waals surface area contributed by atoms with Crippen LogP contribution in [0.4, 0.5) is 0 Å². The van der Waals surface area contributed by atoms with Crippen LogP contribution in [0.1, 0.15) is 339 Å². The molecule has 0 aromatic carbocycles. The molecule has 0 aromatic rings. The number of hydrogen-bond acceptors (Lipinski definition) is 5. The van der Waals surface area contributed by atoms with Crippen LogP contribution in [0, 0.1) is 135 Å². The molecule has 5 unspecified atom stereocenters. The fraction of sp³-hybridized carbons (Fsp3) is 0.875. The van der Waals surface area contributed by atoms with Gasteiger partial charge in [0.2, 0.25) is 0 Å². The molecular weight excluding hydrogens is 1140 g/mol. The SMILES string of the molecule is CC(C)=CCC[C@@](C)(O)[C@@H]1CC[C@]2(C)C3CC[C@H]4C(C)(C)C(=O)CC[C@]4(C)C3CC[C@@]12C.CC1(C)C=C2C(=CC[C@]3(C)C2CC[C@@H]2[C@@]4(C)CCC(=O)C(C)(C)[C@@H]4CC[C@]23C)CC1.CC1(C)CCC2(O)CC[C@]3(C)C(=CC[C@@H]4[C@@]5(C)CCC(=O)C(C)(C)[C@@H]5CC[C@]43C)C2C1. The molecule has 5 heteroatoms. The maximum Gasteiger partial charge on any atom is 0.138 e. The lowest BCUT2D eigenvalue weighted by Gasteiger charge is -2.70. The van der Waals surface area contributed by atoms with Gasteiger partial charge in [0.05, 0.1) is 11.2 Å². The first-order valence-corrected chi connectivity index (χ1v) is 39.6. The van der Waals surface area contributed by atoms with Gasteiger partial charge in [0, 0.05) is 41.4 Å². The van der Waals surface area contributed by atoms with Gasteiger partial charge in [0.25, 0.3) is 0 Å². The number of hydrogen-bond donors (Lipinski definition) is 2. The van der Waals surface area contributed by atoms with Gasteiger partial charge in [-0.2, -0.15) is 0 Å². The Morgan fingerprint density at radius 3 is 1.62 bits per heavy atom. The normalized spacial score (nSPS) is 49.6. The van der Waals surface area contributed by atoms with Gasteiger partial charge in [-0.15, -0.1) is 0 Å². The molecule has 0 saturated heterocycles. The highest BCUT2D eigenvalue weighted by Crippen LogP contribution is 2.79. The average molecular weight is 1280 g/mol. The predicted molar refractivity (Wildman–Crippen MR) is 385 cm³/mol. The fourth-order valence-corrected chi connectivity index (χ4v) is 29.8. The molecule has 14 aliphatic carbocycles. The second-order valence-electron chi connectivity index (χ2n) is 42.4. The van der Waals surface area contributed by atoms with Crippen LogP contribution in [-0.2, 0) is 14.4 Å². The molecule has 14 aliphatic rings. The van der Waals surface area contributed by atoms with Crippen molar-refractivity contribution in [2.24, 2.45) is 135 Å². The molecule has 11 saturated carbocycles. The topological polar surface area (TPSA) is 91.7 Å². The van der Waals surface area contributed by atoms with E-state index >= 15 is 0 Å². The predicted octanol–water partition coefficient (Wildman–Crippen LogP) is 22.7. The highest BCUT2D eigenvalue weighted by molar-refractivity contribution is 5.86. The third-order valence-corrected chi connectivity index (χ3v) is 36.2. The van der Waals surface area contributed by atoms with E-state index in [0.29, 0.717) is 90.8 Å². The Kier molecular flexibility index (Phi) is 17.1. The minimum Gasteiger partial charge on any atom is -0.390 e. The zero-order valence-corrected chi connectivity index (χ0v) is 64.2. The van der Waals surface area contributed by atoms with E-state index in [2.05, 4.69) is 177 Å². The summed E-state index contributed by atoms with van der Waals surface area (Å²) in [5.74, 6) is 7.45. The molecule has 0 heterocycles. The number of aliphatic hydroxyl groups is 2. The first-order valence-electron chi connectivity index (χ1n) is 39.6. The summed E-state index contributed by atoms with van der Waals surface area (Å²) in [6.45, 7) is 52.9. The molecule has 0 bridgehead atoms. The second kappa shape index (κ2) is 22.4. The minimum absolute atomic E-state index is 0.137. The van der Waals surface area contributed by atoms with Crippen LogP contribution in [-0.4, -0.2) is 38.8 Å². The molecule has 0 amide bonds. The van der Waals surface area contributed by atoms with Crippen LogP contribution in [0.15, 0.2) is 46.6 Å². The first kappa shape index (κ1) is 70.7. The first-order chi connectivity index (χ1) is 42.7. The fourth-order valence-electron chi connectivity index (χ4n) is 29.8. The van der Waals surface area contributed by atoms with Crippen molar-refractivity contribution in [2.45, 2.75) is 350 Å². The Labute approximate surface area is 570 Å². The van der Waals surface area contributed by atoms with E-state index in [1.807, 2.05) is 0 Å². The molecule has 14 rings (SSSR count). The standard InChI is InChI=1S/C30H50O2.C29H46O2.C29H44O/c1-20(2)10-9-16-30(8,32)24-14-19-28(6)22-11-12-23-26(3,4)25(31)15-17-27(23,5)21(22)13-18-29(24,28)7;1-24(2)14-16-29(31)17-15-27(6)19(20(29)18-24)8-9-22-26(5)12-11-23(30)25(3,4)21(26)10-13-28(22,27)7;1-25(2)14-10-19-11-16-28(6)21(20(19)18-25)8-9-23-27(5)15-13-24(30)26(3,4)22(27)12-17-29(23,28)7/h10,21-24,32H,9,11-19H2,1-8H3;8,20-22,31H,9-18H2,1-7H3;11,18,21-23H,8-10,12-17H2,1-7H3/t21?,22?,23-,24+,27+,28+,29-,30+;20?,21-,22+,26-,27+,28+,29?;21?,22-,23+,27-,28+,29+/m000/s1. The summed E-state index contributed by atoms with van der Waals surface area (Å²) in [7, 11) is 0. The van der Waals surface area contributed by atoms with Gasteiger partial charge < -0.3 is 10.2 Å². The Balaban J connectivity index is 0.000000134. The van der Waals surface area contributed by atoms with Gasteiger partial charge in [0.1, 0.15) is 17.3 Å². The molecular formula is C88H140O5. The molecule has 5 nitrogen and oxygen atoms in total. The largest absolute Gasteiger partial charge is 0.390 e. The van der Waals surface area contributed by atoms with E-state index < -0.39 is 11.2 Å². The highest BCUT2D eigenvalue weighted by Gasteiger charge is 2.72. The lowest BCUT2D eigenvalue weighted by Crippen LogP contribution is -2.65. The van der Waals surface area contributed by atoms with Crippen molar-refractivity contribution in [1.29, 1.82) is 0 Å². The van der Waals surface area contributed by atoms with E-state index in [1.165, 1.54) is 102 Å². The van der Waals surface area contributed by atoms with Crippen molar-refractivity contribution in [3.63, 3.8) is 0 Å². The monoisotopic (exact) mass is 1280 g/mol. The summed E-state index contributed by atoms with van der Waals surface area (Å²) in [4.78, 5) is 38.5. The molecule has 0 aromatic heterocycles.